The molecule has 0 aromatic carbocycles. The Balaban J connectivity index is 1.66. The number of ether oxygens (including phenoxy) is 1. The molecular formula is C16H24N6O. The third-order valence-corrected chi connectivity index (χ3v) is 4.23. The second-order valence-electron chi connectivity index (χ2n) is 6.10. The topological polar surface area (TPSA) is 69.0 Å². The molecule has 7 nitrogen and oxygen atoms in total. The summed E-state index contributed by atoms with van der Waals surface area (Å²) in [7, 11) is 0. The summed E-state index contributed by atoms with van der Waals surface area (Å²) in [4.78, 5) is 11.0. The Kier molecular flexibility index (Phi) is 4.73. The van der Waals surface area contributed by atoms with Crippen LogP contribution in [0.15, 0.2) is 18.7 Å². The monoisotopic (exact) mass is 316 g/mol. The van der Waals surface area contributed by atoms with Gasteiger partial charge >= 0.3 is 0 Å². The Bertz CT molecular complexity index is 633. The first-order valence-corrected chi connectivity index (χ1v) is 8.28. The van der Waals surface area contributed by atoms with Crippen molar-refractivity contribution in [3.05, 3.63) is 24.5 Å². The average molecular weight is 316 g/mol. The molecule has 1 aliphatic heterocycles. The Morgan fingerprint density at radius 2 is 2.04 bits per heavy atom. The van der Waals surface area contributed by atoms with Crippen molar-refractivity contribution in [3.8, 4) is 5.88 Å². The van der Waals surface area contributed by atoms with Crippen molar-refractivity contribution in [2.45, 2.75) is 45.6 Å². The van der Waals surface area contributed by atoms with E-state index in [1.165, 1.54) is 0 Å². The molecular weight excluding hydrogens is 292 g/mol. The highest BCUT2D eigenvalue weighted by Crippen LogP contribution is 2.30. The Hall–Kier alpha value is -2.18. The van der Waals surface area contributed by atoms with E-state index in [9.17, 15) is 0 Å². The predicted octanol–water partition coefficient (Wildman–Crippen LogP) is 2.43. The van der Waals surface area contributed by atoms with Gasteiger partial charge in [0.25, 0.3) is 0 Å². The molecule has 7 heteroatoms. The highest BCUT2D eigenvalue weighted by Gasteiger charge is 2.26. The van der Waals surface area contributed by atoms with Crippen LogP contribution in [0.2, 0.25) is 0 Å². The first-order chi connectivity index (χ1) is 11.2. The minimum absolute atomic E-state index is 0.395. The van der Waals surface area contributed by atoms with E-state index in [1.54, 1.807) is 12.4 Å². The van der Waals surface area contributed by atoms with Gasteiger partial charge in [-0.1, -0.05) is 0 Å². The van der Waals surface area contributed by atoms with Crippen LogP contribution in [0.4, 0.5) is 5.82 Å². The lowest BCUT2D eigenvalue weighted by molar-refractivity contribution is 0.325. The van der Waals surface area contributed by atoms with Crippen molar-refractivity contribution in [1.82, 2.24) is 24.7 Å². The summed E-state index contributed by atoms with van der Waals surface area (Å²) in [5, 5.41) is 8.43. The molecule has 0 amide bonds. The molecule has 0 atom stereocenters. The first-order valence-electron chi connectivity index (χ1n) is 8.28. The number of rotatable bonds is 5. The van der Waals surface area contributed by atoms with Gasteiger partial charge in [0.1, 0.15) is 12.2 Å². The van der Waals surface area contributed by atoms with Crippen molar-refractivity contribution in [2.75, 3.05) is 24.6 Å². The number of aromatic nitrogens is 5. The lowest BCUT2D eigenvalue weighted by Gasteiger charge is -2.32. The largest absolute Gasteiger partial charge is 0.477 e. The minimum Gasteiger partial charge on any atom is -0.477 e. The molecule has 0 spiro atoms. The number of anilines is 1. The Morgan fingerprint density at radius 1 is 1.26 bits per heavy atom. The fraction of sp³-hybridized carbons (Fsp3) is 0.625. The molecule has 3 rings (SSSR count). The van der Waals surface area contributed by atoms with E-state index in [-0.39, 0.29) is 0 Å². The van der Waals surface area contributed by atoms with E-state index in [1.807, 2.05) is 13.3 Å². The van der Waals surface area contributed by atoms with Crippen LogP contribution in [0.5, 0.6) is 5.88 Å². The summed E-state index contributed by atoms with van der Waals surface area (Å²) in [5.41, 5.74) is 0. The first kappa shape index (κ1) is 15.7. The molecule has 0 saturated carbocycles. The standard InChI is InChI=1S/C16H24N6O/c1-4-23-15-10-17-9-14(19-15)21-7-5-13(6-8-21)16-20-18-11-22(16)12(2)3/h9-13H,4-8H2,1-3H3. The van der Waals surface area contributed by atoms with Gasteiger partial charge in [-0.05, 0) is 33.6 Å². The van der Waals surface area contributed by atoms with Crippen LogP contribution in [0.3, 0.4) is 0 Å². The normalized spacial score (nSPS) is 16.1. The summed E-state index contributed by atoms with van der Waals surface area (Å²) < 4.78 is 7.61. The van der Waals surface area contributed by atoms with Crippen molar-refractivity contribution < 1.29 is 4.74 Å². The van der Waals surface area contributed by atoms with Crippen LogP contribution in [0.25, 0.3) is 0 Å². The van der Waals surface area contributed by atoms with Gasteiger partial charge in [-0.2, -0.15) is 4.98 Å². The van der Waals surface area contributed by atoms with E-state index in [0.29, 0.717) is 24.4 Å². The maximum atomic E-state index is 5.44. The minimum atomic E-state index is 0.395. The Labute approximate surface area is 136 Å². The van der Waals surface area contributed by atoms with Crippen molar-refractivity contribution in [1.29, 1.82) is 0 Å². The SMILES string of the molecule is CCOc1cncc(N2CCC(c3nncn3C(C)C)CC2)n1. The summed E-state index contributed by atoms with van der Waals surface area (Å²) in [6.07, 6.45) is 7.39. The predicted molar refractivity (Wildman–Crippen MR) is 87.8 cm³/mol. The molecule has 0 unspecified atom stereocenters. The molecule has 1 fully saturated rings. The number of hydrogen-bond donors (Lipinski definition) is 0. The molecule has 0 aliphatic carbocycles. The summed E-state index contributed by atoms with van der Waals surface area (Å²) in [6, 6.07) is 0.395. The van der Waals surface area contributed by atoms with E-state index in [0.717, 1.165) is 37.6 Å². The molecule has 2 aromatic rings. The van der Waals surface area contributed by atoms with E-state index < -0.39 is 0 Å². The zero-order chi connectivity index (χ0) is 16.2. The van der Waals surface area contributed by atoms with Crippen molar-refractivity contribution >= 4 is 5.82 Å². The molecule has 1 saturated heterocycles. The van der Waals surface area contributed by atoms with Crippen LogP contribution < -0.4 is 9.64 Å². The summed E-state index contributed by atoms with van der Waals surface area (Å²) in [5.74, 6) is 3.04. The summed E-state index contributed by atoms with van der Waals surface area (Å²) in [6.45, 7) is 8.77. The highest BCUT2D eigenvalue weighted by atomic mass is 16.5. The second kappa shape index (κ2) is 6.93. The smallest absolute Gasteiger partial charge is 0.234 e. The fourth-order valence-corrected chi connectivity index (χ4v) is 3.02. The van der Waals surface area contributed by atoms with Gasteiger partial charge < -0.3 is 14.2 Å². The molecule has 0 N–H and O–H groups in total. The van der Waals surface area contributed by atoms with Gasteiger partial charge in [-0.15, -0.1) is 10.2 Å². The van der Waals surface area contributed by atoms with Gasteiger partial charge in [-0.25, -0.2) is 0 Å². The van der Waals surface area contributed by atoms with Gasteiger partial charge in [0.05, 0.1) is 19.0 Å². The van der Waals surface area contributed by atoms with Crippen molar-refractivity contribution in [3.63, 3.8) is 0 Å². The van der Waals surface area contributed by atoms with E-state index in [2.05, 4.69) is 43.5 Å². The quantitative estimate of drug-likeness (QED) is 0.844. The summed E-state index contributed by atoms with van der Waals surface area (Å²) >= 11 is 0. The molecule has 23 heavy (non-hydrogen) atoms. The maximum absolute atomic E-state index is 5.44. The van der Waals surface area contributed by atoms with Crippen LogP contribution >= 0.6 is 0 Å². The van der Waals surface area contributed by atoms with Crippen LogP contribution in [0, 0.1) is 0 Å². The van der Waals surface area contributed by atoms with Gasteiger partial charge in [-0.3, -0.25) is 4.98 Å². The van der Waals surface area contributed by atoms with Crippen LogP contribution in [-0.2, 0) is 0 Å². The number of piperidine rings is 1. The second-order valence-corrected chi connectivity index (χ2v) is 6.10. The highest BCUT2D eigenvalue weighted by molar-refractivity contribution is 5.38. The third kappa shape index (κ3) is 3.43. The molecule has 2 aromatic heterocycles. The van der Waals surface area contributed by atoms with Crippen molar-refractivity contribution in [2.24, 2.45) is 0 Å². The molecule has 0 bridgehead atoms. The lowest BCUT2D eigenvalue weighted by atomic mass is 9.95. The third-order valence-electron chi connectivity index (χ3n) is 4.23. The molecule has 0 radical (unpaired) electrons. The fourth-order valence-electron chi connectivity index (χ4n) is 3.02. The van der Waals surface area contributed by atoms with Crippen LogP contribution in [0.1, 0.15) is 51.4 Å². The zero-order valence-electron chi connectivity index (χ0n) is 14.0. The van der Waals surface area contributed by atoms with Gasteiger partial charge in [0.2, 0.25) is 5.88 Å². The van der Waals surface area contributed by atoms with E-state index >= 15 is 0 Å². The molecule has 124 valence electrons. The lowest BCUT2D eigenvalue weighted by Crippen LogP contribution is -2.34. The molecule has 3 heterocycles. The number of nitrogens with zero attached hydrogens (tertiary/aromatic N) is 6. The van der Waals surface area contributed by atoms with E-state index in [4.69, 9.17) is 4.74 Å². The zero-order valence-corrected chi connectivity index (χ0v) is 14.0. The van der Waals surface area contributed by atoms with Crippen LogP contribution in [-0.4, -0.2) is 44.4 Å². The molecule has 1 aliphatic rings. The average Bonchev–Trinajstić information content (AvgIpc) is 3.05. The number of hydrogen-bond acceptors (Lipinski definition) is 6. The maximum Gasteiger partial charge on any atom is 0.234 e. The van der Waals surface area contributed by atoms with Gasteiger partial charge in [0.15, 0.2) is 5.82 Å². The Morgan fingerprint density at radius 3 is 2.74 bits per heavy atom. The van der Waals surface area contributed by atoms with Gasteiger partial charge in [0, 0.05) is 25.0 Å².